The number of nitrogens with zero attached hydrogens (tertiary/aromatic N) is 2. The lowest BCUT2D eigenvalue weighted by Crippen LogP contribution is -2.41. The molecule has 1 N–H and O–H groups in total. The largest absolute Gasteiger partial charge is 0.361 e. The number of hydrogen-bond acceptors (Lipinski definition) is 4. The molecule has 0 saturated heterocycles. The van der Waals surface area contributed by atoms with Gasteiger partial charge in [-0.3, -0.25) is 4.79 Å². The van der Waals surface area contributed by atoms with Crippen molar-refractivity contribution in [3.05, 3.63) is 17.5 Å². The highest BCUT2D eigenvalue weighted by atomic mass is 16.5. The molecule has 102 valence electrons. The molecule has 0 spiro atoms. The lowest BCUT2D eigenvalue weighted by molar-refractivity contribution is 0.0934. The average molecular weight is 253 g/mol. The van der Waals surface area contributed by atoms with Crippen molar-refractivity contribution in [3.8, 4) is 0 Å². The molecule has 0 bridgehead atoms. The van der Waals surface area contributed by atoms with Crippen LogP contribution in [0.3, 0.4) is 0 Å². The van der Waals surface area contributed by atoms with E-state index in [2.05, 4.69) is 29.2 Å². The van der Waals surface area contributed by atoms with E-state index in [4.69, 9.17) is 4.52 Å². The normalized spacial score (nSPS) is 11.9. The maximum atomic E-state index is 11.8. The van der Waals surface area contributed by atoms with E-state index < -0.39 is 0 Å². The van der Waals surface area contributed by atoms with Gasteiger partial charge in [-0.1, -0.05) is 12.1 Å². The zero-order chi connectivity index (χ0) is 13.8. The van der Waals surface area contributed by atoms with Crippen molar-refractivity contribution >= 4 is 5.91 Å². The second-order valence-corrected chi connectivity index (χ2v) is 5.24. The SMILES string of the molecule is CCc1cc(C(=O)NCCC(C)(C)N(C)C)no1. The van der Waals surface area contributed by atoms with Gasteiger partial charge in [-0.25, -0.2) is 0 Å². The molecular formula is C13H23N3O2. The molecule has 1 rings (SSSR count). The van der Waals surface area contributed by atoms with Crippen molar-refractivity contribution in [3.63, 3.8) is 0 Å². The van der Waals surface area contributed by atoms with Crippen LogP contribution in [0.25, 0.3) is 0 Å². The number of aryl methyl sites for hydroxylation is 1. The van der Waals surface area contributed by atoms with Crippen LogP contribution in [0.4, 0.5) is 0 Å². The lowest BCUT2D eigenvalue weighted by Gasteiger charge is -2.32. The molecule has 1 aromatic rings. The summed E-state index contributed by atoms with van der Waals surface area (Å²) in [6, 6.07) is 1.69. The van der Waals surface area contributed by atoms with Gasteiger partial charge in [-0.05, 0) is 34.4 Å². The minimum absolute atomic E-state index is 0.0612. The van der Waals surface area contributed by atoms with E-state index in [0.29, 0.717) is 12.2 Å². The van der Waals surface area contributed by atoms with Crippen molar-refractivity contribution in [2.45, 2.75) is 39.2 Å². The van der Waals surface area contributed by atoms with Crippen molar-refractivity contribution in [2.24, 2.45) is 0 Å². The third-order valence-electron chi connectivity index (χ3n) is 3.37. The highest BCUT2D eigenvalue weighted by molar-refractivity contribution is 5.92. The minimum Gasteiger partial charge on any atom is -0.361 e. The van der Waals surface area contributed by atoms with Crippen LogP contribution < -0.4 is 5.32 Å². The summed E-state index contributed by atoms with van der Waals surface area (Å²) in [5, 5.41) is 6.60. The fourth-order valence-corrected chi connectivity index (χ4v) is 1.38. The first kappa shape index (κ1) is 14.7. The summed E-state index contributed by atoms with van der Waals surface area (Å²) < 4.78 is 5.00. The Kier molecular flexibility index (Phi) is 4.90. The van der Waals surface area contributed by atoms with Crippen LogP contribution in [-0.2, 0) is 6.42 Å². The Balaban J connectivity index is 2.42. The van der Waals surface area contributed by atoms with Crippen LogP contribution in [-0.4, -0.2) is 42.1 Å². The van der Waals surface area contributed by atoms with Crippen LogP contribution in [0.15, 0.2) is 10.6 Å². The molecule has 0 unspecified atom stereocenters. The van der Waals surface area contributed by atoms with Crippen LogP contribution in [0.5, 0.6) is 0 Å². The summed E-state index contributed by atoms with van der Waals surface area (Å²) in [5.74, 6) is 0.557. The highest BCUT2D eigenvalue weighted by Gasteiger charge is 2.20. The second kappa shape index (κ2) is 6.00. The molecule has 0 aromatic carbocycles. The molecule has 0 radical (unpaired) electrons. The number of amides is 1. The maximum absolute atomic E-state index is 11.8. The molecule has 1 aromatic heterocycles. The monoisotopic (exact) mass is 253 g/mol. The van der Waals surface area contributed by atoms with Gasteiger partial charge in [0.1, 0.15) is 5.76 Å². The number of nitrogens with one attached hydrogen (secondary N) is 1. The third kappa shape index (κ3) is 3.84. The molecule has 0 saturated carbocycles. The Morgan fingerprint density at radius 3 is 2.67 bits per heavy atom. The molecule has 1 amide bonds. The smallest absolute Gasteiger partial charge is 0.273 e. The molecule has 5 heteroatoms. The fourth-order valence-electron chi connectivity index (χ4n) is 1.38. The summed E-state index contributed by atoms with van der Waals surface area (Å²) in [6.45, 7) is 6.87. The number of hydrogen-bond donors (Lipinski definition) is 1. The lowest BCUT2D eigenvalue weighted by atomic mass is 9.99. The van der Waals surface area contributed by atoms with Crippen molar-refractivity contribution in [2.75, 3.05) is 20.6 Å². The van der Waals surface area contributed by atoms with Gasteiger partial charge in [-0.15, -0.1) is 0 Å². The summed E-state index contributed by atoms with van der Waals surface area (Å²) in [7, 11) is 4.07. The van der Waals surface area contributed by atoms with Gasteiger partial charge in [0.05, 0.1) is 0 Å². The summed E-state index contributed by atoms with van der Waals surface area (Å²) >= 11 is 0. The van der Waals surface area contributed by atoms with Gasteiger partial charge >= 0.3 is 0 Å². The van der Waals surface area contributed by atoms with Crippen LogP contribution in [0, 0.1) is 0 Å². The van der Waals surface area contributed by atoms with Gasteiger partial charge in [0.15, 0.2) is 5.69 Å². The van der Waals surface area contributed by atoms with Gasteiger partial charge in [-0.2, -0.15) is 0 Å². The van der Waals surface area contributed by atoms with E-state index in [9.17, 15) is 4.79 Å². The molecule has 0 aliphatic heterocycles. The third-order valence-corrected chi connectivity index (χ3v) is 3.37. The van der Waals surface area contributed by atoms with Crippen LogP contribution in [0.2, 0.25) is 0 Å². The Morgan fingerprint density at radius 1 is 1.50 bits per heavy atom. The maximum Gasteiger partial charge on any atom is 0.273 e. The zero-order valence-corrected chi connectivity index (χ0v) is 11.9. The standard InChI is InChI=1S/C13H23N3O2/c1-6-10-9-11(15-18-10)12(17)14-8-7-13(2,3)16(4)5/h9H,6-8H2,1-5H3,(H,14,17). The van der Waals surface area contributed by atoms with Gasteiger partial charge in [0.25, 0.3) is 5.91 Å². The molecule has 0 atom stereocenters. The minimum atomic E-state index is -0.173. The number of rotatable bonds is 6. The van der Waals surface area contributed by atoms with E-state index >= 15 is 0 Å². The number of carbonyl (C=O) groups excluding carboxylic acids is 1. The molecule has 0 aliphatic carbocycles. The Hall–Kier alpha value is -1.36. The first-order valence-electron chi connectivity index (χ1n) is 6.28. The predicted molar refractivity (Wildman–Crippen MR) is 70.6 cm³/mol. The van der Waals surface area contributed by atoms with Crippen molar-refractivity contribution in [1.29, 1.82) is 0 Å². The fraction of sp³-hybridized carbons (Fsp3) is 0.692. The van der Waals surface area contributed by atoms with Crippen molar-refractivity contribution < 1.29 is 9.32 Å². The molecule has 0 fully saturated rings. The molecule has 0 aliphatic rings. The summed E-state index contributed by atoms with van der Waals surface area (Å²) in [5.41, 5.74) is 0.417. The second-order valence-electron chi connectivity index (χ2n) is 5.24. The van der Waals surface area contributed by atoms with Gasteiger partial charge in [0, 0.05) is 24.6 Å². The van der Waals surface area contributed by atoms with Crippen LogP contribution in [0.1, 0.15) is 43.4 Å². The molecular weight excluding hydrogens is 230 g/mol. The first-order valence-corrected chi connectivity index (χ1v) is 6.28. The quantitative estimate of drug-likeness (QED) is 0.838. The zero-order valence-electron chi connectivity index (χ0n) is 11.9. The molecule has 1 heterocycles. The van der Waals surface area contributed by atoms with E-state index in [1.54, 1.807) is 6.07 Å². The summed E-state index contributed by atoms with van der Waals surface area (Å²) in [6.07, 6.45) is 1.62. The first-order chi connectivity index (χ1) is 8.36. The Morgan fingerprint density at radius 2 is 2.17 bits per heavy atom. The van der Waals surface area contributed by atoms with Crippen molar-refractivity contribution in [1.82, 2.24) is 15.4 Å². The van der Waals surface area contributed by atoms with E-state index in [1.807, 2.05) is 21.0 Å². The average Bonchev–Trinajstić information content (AvgIpc) is 2.76. The number of aromatic nitrogens is 1. The van der Waals surface area contributed by atoms with E-state index in [-0.39, 0.29) is 11.4 Å². The van der Waals surface area contributed by atoms with Crippen LogP contribution >= 0.6 is 0 Å². The van der Waals surface area contributed by atoms with Gasteiger partial charge < -0.3 is 14.7 Å². The predicted octanol–water partition coefficient (Wildman–Crippen LogP) is 1.70. The highest BCUT2D eigenvalue weighted by Crippen LogP contribution is 2.14. The Bertz CT molecular complexity index is 397. The summed E-state index contributed by atoms with van der Waals surface area (Å²) in [4.78, 5) is 13.9. The van der Waals surface area contributed by atoms with E-state index in [0.717, 1.165) is 18.6 Å². The Labute approximate surface area is 109 Å². The van der Waals surface area contributed by atoms with Gasteiger partial charge in [0.2, 0.25) is 0 Å². The molecule has 18 heavy (non-hydrogen) atoms. The van der Waals surface area contributed by atoms with E-state index in [1.165, 1.54) is 0 Å². The molecule has 5 nitrogen and oxygen atoms in total. The number of carbonyl (C=O) groups is 1. The topological polar surface area (TPSA) is 58.4 Å².